The van der Waals surface area contributed by atoms with Crippen molar-refractivity contribution in [2.24, 2.45) is 0 Å². The van der Waals surface area contributed by atoms with Gasteiger partial charge in [0.1, 0.15) is 10.7 Å². The molecule has 1 aromatic carbocycles. The van der Waals surface area contributed by atoms with E-state index in [4.69, 9.17) is 10.7 Å². The Morgan fingerprint density at radius 3 is 2.25 bits per heavy atom. The van der Waals surface area contributed by atoms with Crippen LogP contribution in [0.4, 0.5) is 4.39 Å². The normalized spacial score (nSPS) is 12.7. The second-order valence-electron chi connectivity index (χ2n) is 3.18. The van der Waals surface area contributed by atoms with Gasteiger partial charge in [0.25, 0.3) is 0 Å². The van der Waals surface area contributed by atoms with E-state index in [-0.39, 0.29) is 5.56 Å². The van der Waals surface area contributed by atoms with Crippen molar-refractivity contribution in [2.45, 2.75) is 10.6 Å². The molecule has 0 aliphatic rings. The molecule has 0 atom stereocenters. The van der Waals surface area contributed by atoms with Crippen molar-refractivity contribution in [2.75, 3.05) is 6.26 Å². The fourth-order valence-corrected chi connectivity index (χ4v) is 2.87. The summed E-state index contributed by atoms with van der Waals surface area (Å²) in [5.41, 5.74) is -0.266. The summed E-state index contributed by atoms with van der Waals surface area (Å²) < 4.78 is 57.4. The highest BCUT2D eigenvalue weighted by Gasteiger charge is 2.19. The van der Waals surface area contributed by atoms with Gasteiger partial charge in [0, 0.05) is 22.5 Å². The molecule has 8 heteroatoms. The number of benzene rings is 1. The van der Waals surface area contributed by atoms with Gasteiger partial charge in [-0.25, -0.2) is 21.2 Å². The highest BCUT2D eigenvalue weighted by molar-refractivity contribution is 8.13. The lowest BCUT2D eigenvalue weighted by Gasteiger charge is -2.05. The van der Waals surface area contributed by atoms with Crippen LogP contribution in [0.15, 0.2) is 23.1 Å². The average Bonchev–Trinajstić information content (AvgIpc) is 2.04. The van der Waals surface area contributed by atoms with Crippen molar-refractivity contribution < 1.29 is 21.2 Å². The maximum absolute atomic E-state index is 13.6. The van der Waals surface area contributed by atoms with Gasteiger partial charge in [0.05, 0.1) is 5.75 Å². The molecule has 1 rings (SSSR count). The predicted molar refractivity (Wildman–Crippen MR) is 58.0 cm³/mol. The van der Waals surface area contributed by atoms with E-state index in [1.807, 2.05) is 0 Å². The van der Waals surface area contributed by atoms with Crippen LogP contribution in [0.3, 0.4) is 0 Å². The molecule has 0 N–H and O–H groups in total. The first-order chi connectivity index (χ1) is 7.11. The van der Waals surface area contributed by atoms with E-state index in [1.54, 1.807) is 0 Å². The van der Waals surface area contributed by atoms with Crippen LogP contribution in [-0.4, -0.2) is 23.1 Å². The smallest absolute Gasteiger partial charge is 0.224 e. The van der Waals surface area contributed by atoms with Crippen LogP contribution >= 0.6 is 10.7 Å². The van der Waals surface area contributed by atoms with Crippen LogP contribution in [-0.2, 0) is 24.6 Å². The summed E-state index contributed by atoms with van der Waals surface area (Å²) in [4.78, 5) is -0.537. The summed E-state index contributed by atoms with van der Waals surface area (Å²) in [5, 5.41) is 0. The topological polar surface area (TPSA) is 68.3 Å². The summed E-state index contributed by atoms with van der Waals surface area (Å²) in [6, 6.07) is 3.50. The van der Waals surface area contributed by atoms with Gasteiger partial charge in [-0.15, -0.1) is 0 Å². The van der Waals surface area contributed by atoms with Gasteiger partial charge >= 0.3 is 0 Å². The van der Waals surface area contributed by atoms with Crippen LogP contribution in [0.5, 0.6) is 0 Å². The quantitative estimate of drug-likeness (QED) is 0.786. The van der Waals surface area contributed by atoms with Crippen LogP contribution in [0, 0.1) is 5.82 Å². The molecule has 0 saturated carbocycles. The molecule has 4 nitrogen and oxygen atoms in total. The molecular weight excluding hydrogens is 279 g/mol. The van der Waals surface area contributed by atoms with E-state index in [9.17, 15) is 21.2 Å². The van der Waals surface area contributed by atoms with Crippen LogP contribution < -0.4 is 0 Å². The SMILES string of the molecule is CS(=O)(=O)c1cccc(CS(=O)(=O)Cl)c1F. The Morgan fingerprint density at radius 2 is 1.81 bits per heavy atom. The molecule has 0 unspecified atom stereocenters. The number of sulfone groups is 1. The molecule has 0 fully saturated rings. The van der Waals surface area contributed by atoms with E-state index in [2.05, 4.69) is 0 Å². The molecule has 90 valence electrons. The zero-order chi connectivity index (χ0) is 12.6. The first-order valence-electron chi connectivity index (χ1n) is 4.01. The van der Waals surface area contributed by atoms with Gasteiger partial charge in [-0.3, -0.25) is 0 Å². The lowest BCUT2D eigenvalue weighted by molar-refractivity contribution is 0.561. The van der Waals surface area contributed by atoms with Gasteiger partial charge in [0.15, 0.2) is 9.84 Å². The largest absolute Gasteiger partial charge is 0.236 e. The zero-order valence-corrected chi connectivity index (χ0v) is 10.5. The van der Waals surface area contributed by atoms with Crippen LogP contribution in [0.2, 0.25) is 0 Å². The minimum Gasteiger partial charge on any atom is -0.224 e. The van der Waals surface area contributed by atoms with E-state index < -0.39 is 35.4 Å². The standard InChI is InChI=1S/C8H8ClFO4S2/c1-15(11,12)7-4-2-3-6(8(7)10)5-16(9,13)14/h2-4H,5H2,1H3. The first kappa shape index (κ1) is 13.4. The van der Waals surface area contributed by atoms with Crippen LogP contribution in [0.1, 0.15) is 5.56 Å². The third-order valence-electron chi connectivity index (χ3n) is 1.77. The lowest BCUT2D eigenvalue weighted by atomic mass is 10.2. The minimum atomic E-state index is -3.92. The zero-order valence-electron chi connectivity index (χ0n) is 8.14. The second kappa shape index (κ2) is 4.31. The Balaban J connectivity index is 3.36. The molecule has 0 aliphatic carbocycles. The van der Waals surface area contributed by atoms with Crippen molar-refractivity contribution in [3.8, 4) is 0 Å². The van der Waals surface area contributed by atoms with Crippen molar-refractivity contribution in [1.29, 1.82) is 0 Å². The van der Waals surface area contributed by atoms with E-state index >= 15 is 0 Å². The van der Waals surface area contributed by atoms with Crippen LogP contribution in [0.25, 0.3) is 0 Å². The van der Waals surface area contributed by atoms with Crippen molar-refractivity contribution in [3.05, 3.63) is 29.6 Å². The Morgan fingerprint density at radius 1 is 1.25 bits per heavy atom. The molecule has 0 aliphatic heterocycles. The molecule has 16 heavy (non-hydrogen) atoms. The van der Waals surface area contributed by atoms with E-state index in [0.29, 0.717) is 0 Å². The summed E-state index contributed by atoms with van der Waals surface area (Å²) in [6.45, 7) is 0. The van der Waals surface area contributed by atoms with Gasteiger partial charge in [-0.05, 0) is 6.07 Å². The molecule has 0 spiro atoms. The van der Waals surface area contributed by atoms with E-state index in [0.717, 1.165) is 12.3 Å². The number of hydrogen-bond acceptors (Lipinski definition) is 4. The fourth-order valence-electron chi connectivity index (χ4n) is 1.14. The molecular formula is C8H8ClFO4S2. The van der Waals surface area contributed by atoms with Crippen molar-refractivity contribution in [1.82, 2.24) is 0 Å². The molecule has 0 amide bonds. The third-order valence-corrected chi connectivity index (χ3v) is 3.87. The summed E-state index contributed by atoms with van der Waals surface area (Å²) in [7, 11) is -2.69. The third kappa shape index (κ3) is 3.43. The number of halogens is 2. The summed E-state index contributed by atoms with van der Waals surface area (Å²) in [5.74, 6) is -1.82. The maximum Gasteiger partial charge on any atom is 0.236 e. The molecule has 0 radical (unpaired) electrons. The van der Waals surface area contributed by atoms with Gasteiger partial charge in [0.2, 0.25) is 9.05 Å². The Labute approximate surface area is 97.4 Å². The average molecular weight is 287 g/mol. The highest BCUT2D eigenvalue weighted by atomic mass is 35.7. The van der Waals surface area contributed by atoms with Crippen molar-refractivity contribution in [3.63, 3.8) is 0 Å². The molecule has 0 heterocycles. The molecule has 0 aromatic heterocycles. The van der Waals surface area contributed by atoms with Gasteiger partial charge in [-0.2, -0.15) is 0 Å². The van der Waals surface area contributed by atoms with Gasteiger partial charge < -0.3 is 0 Å². The molecule has 0 saturated heterocycles. The number of rotatable bonds is 3. The Kier molecular flexibility index (Phi) is 3.61. The van der Waals surface area contributed by atoms with E-state index in [1.165, 1.54) is 12.1 Å². The molecule has 1 aromatic rings. The monoisotopic (exact) mass is 286 g/mol. The maximum atomic E-state index is 13.6. The first-order valence-corrected chi connectivity index (χ1v) is 8.38. The summed E-state index contributed by atoms with van der Waals surface area (Å²) >= 11 is 0. The number of hydrogen-bond donors (Lipinski definition) is 0. The van der Waals surface area contributed by atoms with Crippen molar-refractivity contribution >= 4 is 29.6 Å². The fraction of sp³-hybridized carbons (Fsp3) is 0.250. The second-order valence-corrected chi connectivity index (χ2v) is 7.95. The Hall–Kier alpha value is -0.660. The molecule has 0 bridgehead atoms. The minimum absolute atomic E-state index is 0.266. The Bertz CT molecular complexity index is 607. The predicted octanol–water partition coefficient (Wildman–Crippen LogP) is 1.30. The lowest BCUT2D eigenvalue weighted by Crippen LogP contribution is -2.05. The summed E-state index contributed by atoms with van der Waals surface area (Å²) in [6.07, 6.45) is 0.838. The highest BCUT2D eigenvalue weighted by Crippen LogP contribution is 2.20. The van der Waals surface area contributed by atoms with Gasteiger partial charge in [-0.1, -0.05) is 12.1 Å².